The maximum absolute atomic E-state index is 13.2. The number of aliphatic hydroxyl groups excluding tert-OH is 2. The van der Waals surface area contributed by atoms with Crippen LogP contribution in [0.2, 0.25) is 0 Å². The average Bonchev–Trinajstić information content (AvgIpc) is 3.44. The van der Waals surface area contributed by atoms with Gasteiger partial charge in [-0.3, -0.25) is 14.6 Å². The summed E-state index contributed by atoms with van der Waals surface area (Å²) in [6, 6.07) is 5.58. The molecule has 0 spiro atoms. The molecule has 0 amide bonds. The molecule has 0 saturated carbocycles. The van der Waals surface area contributed by atoms with Gasteiger partial charge >= 0.3 is 5.97 Å². The van der Waals surface area contributed by atoms with Gasteiger partial charge in [-0.05, 0) is 50.0 Å². The van der Waals surface area contributed by atoms with E-state index in [1.807, 2.05) is 31.2 Å². The highest BCUT2D eigenvalue weighted by Crippen LogP contribution is 2.44. The second-order valence-electron chi connectivity index (χ2n) is 10.8. The molecule has 1 aromatic heterocycles. The molecule has 0 aliphatic carbocycles. The van der Waals surface area contributed by atoms with E-state index in [1.54, 1.807) is 33.0 Å². The largest absolute Gasteiger partial charge is 0.458 e. The van der Waals surface area contributed by atoms with E-state index >= 15 is 0 Å². The minimum Gasteiger partial charge on any atom is -0.458 e. The highest BCUT2D eigenvalue weighted by Gasteiger charge is 2.52. The minimum absolute atomic E-state index is 0.0475. The van der Waals surface area contributed by atoms with Gasteiger partial charge in [-0.25, -0.2) is 0 Å². The number of carbonyl (C=O) groups excluding carboxylic acids is 2. The van der Waals surface area contributed by atoms with Crippen molar-refractivity contribution in [1.29, 1.82) is 0 Å². The molecule has 3 heterocycles. The first kappa shape index (κ1) is 26.5. The molecule has 0 unspecified atom stereocenters. The van der Waals surface area contributed by atoms with Crippen LogP contribution in [0.1, 0.15) is 72.4 Å². The number of hydrogen-bond acceptors (Lipinski definition) is 7. The van der Waals surface area contributed by atoms with Gasteiger partial charge in [-0.15, -0.1) is 0 Å². The standard InChI is InChI=1S/C27H39NO6/c1-17-9-8-13-27(5)22(34-27)15-20(12-11-19-10-6-7-14-28-19)33-23(30)16-21(29)26(3,4)25(32)18(2)24(17)31/h6-7,10-12,14,17-18,20-22,24,29,31H,8-9,13,15-16H2,1-5H3/t17-,18+,20+,21-,22-,24-,27+/m0/s1. The van der Waals surface area contributed by atoms with Gasteiger partial charge < -0.3 is 19.7 Å². The van der Waals surface area contributed by atoms with Crippen LogP contribution >= 0.6 is 0 Å². The molecule has 7 atom stereocenters. The number of hydrogen-bond donors (Lipinski definition) is 2. The van der Waals surface area contributed by atoms with Crippen LogP contribution in [0.3, 0.4) is 0 Å². The zero-order valence-corrected chi connectivity index (χ0v) is 20.9. The highest BCUT2D eigenvalue weighted by molar-refractivity contribution is 5.88. The lowest BCUT2D eigenvalue weighted by molar-refractivity contribution is -0.154. The first-order valence-electron chi connectivity index (χ1n) is 12.3. The van der Waals surface area contributed by atoms with Crippen LogP contribution in [-0.2, 0) is 19.1 Å². The van der Waals surface area contributed by atoms with E-state index in [0.717, 1.165) is 25.0 Å². The van der Waals surface area contributed by atoms with Crippen LogP contribution < -0.4 is 0 Å². The van der Waals surface area contributed by atoms with Crippen LogP contribution in [-0.4, -0.2) is 57.0 Å². The molecule has 0 radical (unpaired) electrons. The molecule has 34 heavy (non-hydrogen) atoms. The third-order valence-corrected chi connectivity index (χ3v) is 7.60. The van der Waals surface area contributed by atoms with Crippen LogP contribution in [0.15, 0.2) is 30.5 Å². The van der Waals surface area contributed by atoms with Gasteiger partial charge in [0.15, 0.2) is 0 Å². The summed E-state index contributed by atoms with van der Waals surface area (Å²) in [4.78, 5) is 30.2. The zero-order chi connectivity index (χ0) is 25.1. The summed E-state index contributed by atoms with van der Waals surface area (Å²) < 4.78 is 11.7. The van der Waals surface area contributed by atoms with E-state index in [-0.39, 0.29) is 29.8 Å². The molecule has 7 heteroatoms. The average molecular weight is 474 g/mol. The van der Waals surface area contributed by atoms with Gasteiger partial charge in [-0.2, -0.15) is 0 Å². The first-order chi connectivity index (χ1) is 15.9. The number of cyclic esters (lactones) is 1. The Kier molecular flexibility index (Phi) is 8.32. The maximum Gasteiger partial charge on any atom is 0.309 e. The van der Waals surface area contributed by atoms with Crippen molar-refractivity contribution < 1.29 is 29.3 Å². The minimum atomic E-state index is -1.23. The molecular formula is C27H39NO6. The number of fused-ring (bicyclic) bond motifs is 1. The maximum atomic E-state index is 13.2. The van der Waals surface area contributed by atoms with Crippen molar-refractivity contribution in [2.75, 3.05) is 0 Å². The van der Waals surface area contributed by atoms with E-state index < -0.39 is 35.6 Å². The lowest BCUT2D eigenvalue weighted by Gasteiger charge is -2.34. The number of ether oxygens (including phenoxy) is 2. The molecule has 1 aromatic rings. The molecule has 2 aliphatic heterocycles. The van der Waals surface area contributed by atoms with E-state index in [2.05, 4.69) is 11.9 Å². The number of carbonyl (C=O) groups is 2. The van der Waals surface area contributed by atoms with Gasteiger partial charge in [0.2, 0.25) is 0 Å². The Hall–Kier alpha value is -2.09. The van der Waals surface area contributed by atoms with E-state index in [0.29, 0.717) is 6.42 Å². The van der Waals surface area contributed by atoms with Crippen molar-refractivity contribution >= 4 is 17.8 Å². The SMILES string of the molecule is C[C@H]1CCC[C@@]2(C)O[C@H]2C[C@@H](C=Cc2ccccn2)OC(=O)C[C@H](O)C(C)(C)C(=O)[C@H](C)[C@H]1O. The van der Waals surface area contributed by atoms with Crippen molar-refractivity contribution in [3.63, 3.8) is 0 Å². The fourth-order valence-corrected chi connectivity index (χ4v) is 4.84. The molecule has 3 rings (SSSR count). The summed E-state index contributed by atoms with van der Waals surface area (Å²) in [5.74, 6) is -1.57. The lowest BCUT2D eigenvalue weighted by Crippen LogP contribution is -2.45. The number of esters is 1. The fourth-order valence-electron chi connectivity index (χ4n) is 4.84. The summed E-state index contributed by atoms with van der Waals surface area (Å²) >= 11 is 0. The summed E-state index contributed by atoms with van der Waals surface area (Å²) in [5.41, 5.74) is -0.750. The van der Waals surface area contributed by atoms with Crippen molar-refractivity contribution in [3.05, 3.63) is 36.2 Å². The molecule has 0 aromatic carbocycles. The lowest BCUT2D eigenvalue weighted by atomic mass is 9.73. The molecule has 188 valence electrons. The number of nitrogens with zero attached hydrogens (tertiary/aromatic N) is 1. The summed E-state index contributed by atoms with van der Waals surface area (Å²) in [6.45, 7) is 8.93. The highest BCUT2D eigenvalue weighted by atomic mass is 16.6. The molecule has 2 fully saturated rings. The first-order valence-corrected chi connectivity index (χ1v) is 12.3. The monoisotopic (exact) mass is 473 g/mol. The number of aliphatic hydroxyl groups is 2. The van der Waals surface area contributed by atoms with Crippen LogP contribution in [0.25, 0.3) is 6.08 Å². The predicted molar refractivity (Wildman–Crippen MR) is 129 cm³/mol. The number of epoxide rings is 1. The molecular weight excluding hydrogens is 434 g/mol. The molecule has 2 aliphatic rings. The van der Waals surface area contributed by atoms with Gasteiger partial charge in [-0.1, -0.05) is 40.2 Å². The molecule has 0 bridgehead atoms. The Balaban J connectivity index is 1.81. The third kappa shape index (κ3) is 6.32. The summed E-state index contributed by atoms with van der Waals surface area (Å²) in [7, 11) is 0. The molecule has 7 nitrogen and oxygen atoms in total. The number of pyridine rings is 1. The van der Waals surface area contributed by atoms with Gasteiger partial charge in [0.25, 0.3) is 0 Å². The number of Topliss-reactive ketones (excluding diaryl/α,β-unsaturated/α-hetero) is 1. The normalized spacial score (nSPS) is 37.7. The molecule has 2 N–H and O–H groups in total. The summed E-state index contributed by atoms with van der Waals surface area (Å²) in [5, 5.41) is 21.6. The van der Waals surface area contributed by atoms with E-state index in [4.69, 9.17) is 9.47 Å². The Bertz CT molecular complexity index is 884. The van der Waals surface area contributed by atoms with Crippen molar-refractivity contribution in [2.24, 2.45) is 17.3 Å². The fraction of sp³-hybridized carbons (Fsp3) is 0.667. The van der Waals surface area contributed by atoms with Crippen molar-refractivity contribution in [3.8, 4) is 0 Å². The zero-order valence-electron chi connectivity index (χ0n) is 20.9. The smallest absolute Gasteiger partial charge is 0.309 e. The number of ketones is 1. The number of rotatable bonds is 2. The van der Waals surface area contributed by atoms with E-state index in [1.165, 1.54) is 0 Å². The quantitative estimate of drug-likeness (QED) is 0.498. The Morgan fingerprint density at radius 3 is 2.56 bits per heavy atom. The second-order valence-corrected chi connectivity index (χ2v) is 10.8. The Labute approximate surface area is 202 Å². The topological polar surface area (TPSA) is 109 Å². The number of aromatic nitrogens is 1. The van der Waals surface area contributed by atoms with Gasteiger partial charge in [0.05, 0.1) is 41.4 Å². The van der Waals surface area contributed by atoms with Crippen LogP contribution in [0, 0.1) is 17.3 Å². The van der Waals surface area contributed by atoms with Crippen molar-refractivity contribution in [2.45, 2.75) is 96.7 Å². The van der Waals surface area contributed by atoms with Gasteiger partial charge in [0.1, 0.15) is 11.9 Å². The predicted octanol–water partition coefficient (Wildman–Crippen LogP) is 3.72. The van der Waals surface area contributed by atoms with E-state index in [9.17, 15) is 19.8 Å². The second kappa shape index (κ2) is 10.7. The van der Waals surface area contributed by atoms with Crippen LogP contribution in [0.5, 0.6) is 0 Å². The third-order valence-electron chi connectivity index (χ3n) is 7.60. The van der Waals surface area contributed by atoms with Gasteiger partial charge in [0, 0.05) is 18.5 Å². The van der Waals surface area contributed by atoms with Crippen molar-refractivity contribution in [1.82, 2.24) is 4.98 Å². The van der Waals surface area contributed by atoms with Crippen LogP contribution in [0.4, 0.5) is 0 Å². The Morgan fingerprint density at radius 1 is 1.15 bits per heavy atom. The Morgan fingerprint density at radius 2 is 1.88 bits per heavy atom. The molecule has 2 saturated heterocycles. The summed E-state index contributed by atoms with van der Waals surface area (Å²) in [6.07, 6.45) is 5.31.